The molecule has 37 heavy (non-hydrogen) atoms. The smallest absolute Gasteiger partial charge is 0.404 e. The van der Waals surface area contributed by atoms with Crippen LogP contribution in [0.3, 0.4) is 0 Å². The van der Waals surface area contributed by atoms with Crippen molar-refractivity contribution in [3.05, 3.63) is 78.8 Å². The van der Waals surface area contributed by atoms with Gasteiger partial charge in [0, 0.05) is 50.4 Å². The molecule has 1 atom stereocenters. The van der Waals surface area contributed by atoms with E-state index in [-0.39, 0.29) is 12.6 Å². The molecule has 0 radical (unpaired) electrons. The lowest BCUT2D eigenvalue weighted by atomic mass is 10.1. The molecule has 9 nitrogen and oxygen atoms in total. The number of carbonyl (C=O) groups is 1. The fourth-order valence-corrected chi connectivity index (χ4v) is 5.08. The maximum absolute atomic E-state index is 11.2. The van der Waals surface area contributed by atoms with Gasteiger partial charge in [0.15, 0.2) is 0 Å². The van der Waals surface area contributed by atoms with Crippen molar-refractivity contribution >= 4 is 22.7 Å². The Morgan fingerprint density at radius 2 is 1.89 bits per heavy atom. The molecule has 0 bridgehead atoms. The lowest BCUT2D eigenvalue weighted by molar-refractivity contribution is 0.127. The predicted octanol–water partition coefficient (Wildman–Crippen LogP) is 4.17. The van der Waals surface area contributed by atoms with E-state index < -0.39 is 6.09 Å². The van der Waals surface area contributed by atoms with Crippen molar-refractivity contribution in [3.63, 3.8) is 0 Å². The Morgan fingerprint density at radius 3 is 2.70 bits per heavy atom. The van der Waals surface area contributed by atoms with Crippen LogP contribution in [0.5, 0.6) is 5.75 Å². The molecule has 1 aliphatic rings. The summed E-state index contributed by atoms with van der Waals surface area (Å²) in [5, 5.41) is 5.98. The summed E-state index contributed by atoms with van der Waals surface area (Å²) < 4.78 is 12.7. The lowest BCUT2D eigenvalue weighted by Crippen LogP contribution is -2.35. The van der Waals surface area contributed by atoms with Crippen LogP contribution in [0.1, 0.15) is 24.6 Å². The minimum Gasteiger partial charge on any atom is -0.494 e. The van der Waals surface area contributed by atoms with Gasteiger partial charge in [0.2, 0.25) is 0 Å². The van der Waals surface area contributed by atoms with E-state index in [4.69, 9.17) is 20.3 Å². The Hall–Kier alpha value is -4.11. The number of carbonyl (C=O) groups excluding carboxylic acids is 1. The molecule has 4 aromatic rings. The monoisotopic (exact) mass is 500 g/mol. The van der Waals surface area contributed by atoms with Crippen LogP contribution in [-0.2, 0) is 4.74 Å². The zero-order valence-electron chi connectivity index (χ0n) is 21.0. The van der Waals surface area contributed by atoms with E-state index in [0.29, 0.717) is 6.42 Å². The largest absolute Gasteiger partial charge is 0.494 e. The second-order valence-electron chi connectivity index (χ2n) is 9.06. The summed E-state index contributed by atoms with van der Waals surface area (Å²) in [7, 11) is 1.70. The van der Waals surface area contributed by atoms with E-state index >= 15 is 0 Å². The summed E-state index contributed by atoms with van der Waals surface area (Å²) in [6, 6.07) is 20.1. The van der Waals surface area contributed by atoms with Crippen molar-refractivity contribution in [1.82, 2.24) is 19.7 Å². The topological polar surface area (TPSA) is 98.7 Å². The molecule has 2 aromatic heterocycles. The number of nitrogens with zero attached hydrogens (tertiary/aromatic N) is 5. The number of anilines is 1. The number of aromatic nitrogens is 3. The minimum absolute atomic E-state index is 0.0169. The number of nitrogens with two attached hydrogens (primary N) is 1. The second-order valence-corrected chi connectivity index (χ2v) is 9.06. The SMILES string of the molecule is COc1ccc2cccnc2c1N1CCCN(C(CCOC(N)=O)c2ccn(-c3ccccc3)n2)CC1. The number of pyridine rings is 1. The van der Waals surface area contributed by atoms with E-state index in [0.717, 1.165) is 66.3 Å². The molecular weight excluding hydrogens is 468 g/mol. The van der Waals surface area contributed by atoms with Crippen molar-refractivity contribution in [3.8, 4) is 11.4 Å². The summed E-state index contributed by atoms with van der Waals surface area (Å²) in [6.45, 7) is 3.62. The maximum atomic E-state index is 11.2. The van der Waals surface area contributed by atoms with E-state index in [1.54, 1.807) is 7.11 Å². The summed E-state index contributed by atoms with van der Waals surface area (Å²) in [5.74, 6) is 0.827. The highest BCUT2D eigenvalue weighted by molar-refractivity contribution is 5.94. The normalized spacial score (nSPS) is 15.3. The molecule has 0 saturated carbocycles. The van der Waals surface area contributed by atoms with Gasteiger partial charge in [0.1, 0.15) is 11.4 Å². The molecule has 1 saturated heterocycles. The number of hydrogen-bond donors (Lipinski definition) is 1. The molecule has 0 spiro atoms. The molecule has 2 N–H and O–H groups in total. The first-order chi connectivity index (χ1) is 18.1. The molecule has 5 rings (SSSR count). The molecule has 2 aromatic carbocycles. The van der Waals surface area contributed by atoms with Gasteiger partial charge >= 0.3 is 6.09 Å². The van der Waals surface area contributed by atoms with Crippen molar-refractivity contribution in [1.29, 1.82) is 0 Å². The van der Waals surface area contributed by atoms with Gasteiger partial charge in [-0.15, -0.1) is 0 Å². The number of rotatable bonds is 8. The van der Waals surface area contributed by atoms with Crippen LogP contribution in [0.15, 0.2) is 73.1 Å². The van der Waals surface area contributed by atoms with E-state index in [1.807, 2.05) is 71.7 Å². The average Bonchev–Trinajstić information content (AvgIpc) is 3.29. The number of para-hydroxylation sites is 1. The van der Waals surface area contributed by atoms with Gasteiger partial charge in [-0.05, 0) is 42.8 Å². The van der Waals surface area contributed by atoms with E-state index in [1.165, 1.54) is 0 Å². The highest BCUT2D eigenvalue weighted by Gasteiger charge is 2.27. The molecule has 1 fully saturated rings. The molecular formula is C28H32N6O3. The zero-order chi connectivity index (χ0) is 25.6. The van der Waals surface area contributed by atoms with Gasteiger partial charge in [0.05, 0.1) is 36.7 Å². The third-order valence-corrected chi connectivity index (χ3v) is 6.83. The quantitative estimate of drug-likeness (QED) is 0.388. The zero-order valence-corrected chi connectivity index (χ0v) is 21.0. The first-order valence-electron chi connectivity index (χ1n) is 12.6. The van der Waals surface area contributed by atoms with Gasteiger partial charge in [-0.25, -0.2) is 9.48 Å². The highest BCUT2D eigenvalue weighted by Crippen LogP contribution is 2.36. The molecule has 1 amide bonds. The number of fused-ring (bicyclic) bond motifs is 1. The van der Waals surface area contributed by atoms with E-state index in [9.17, 15) is 4.79 Å². The Bertz CT molecular complexity index is 1340. The van der Waals surface area contributed by atoms with Crippen LogP contribution in [0.4, 0.5) is 10.5 Å². The summed E-state index contributed by atoms with van der Waals surface area (Å²) in [4.78, 5) is 20.7. The van der Waals surface area contributed by atoms with Crippen molar-refractivity contribution in [2.24, 2.45) is 5.73 Å². The fraction of sp³-hybridized carbons (Fsp3) is 0.321. The van der Waals surface area contributed by atoms with Crippen molar-refractivity contribution < 1.29 is 14.3 Å². The standard InChI is InChI=1S/C28H32N6O3/c1-36-25-11-10-21-7-5-14-30-26(21)27(25)33-16-6-15-32(18-19-33)24(13-20-37-28(29)35)23-12-17-34(31-23)22-8-3-2-4-9-22/h2-5,7-12,14,17,24H,6,13,15-16,18-20H2,1H3,(H2,29,35). The number of amides is 1. The Balaban J connectivity index is 1.39. The third kappa shape index (κ3) is 5.51. The Labute approximate surface area is 216 Å². The Kier molecular flexibility index (Phi) is 7.51. The van der Waals surface area contributed by atoms with Crippen LogP contribution in [0, 0.1) is 0 Å². The number of methoxy groups -OCH3 is 1. The summed E-state index contributed by atoms with van der Waals surface area (Å²) in [5.41, 5.74) is 9.15. The number of hydrogen-bond acceptors (Lipinski definition) is 7. The van der Waals surface area contributed by atoms with Crippen LogP contribution >= 0.6 is 0 Å². The molecule has 9 heteroatoms. The lowest BCUT2D eigenvalue weighted by Gasteiger charge is -2.30. The van der Waals surface area contributed by atoms with Crippen molar-refractivity contribution in [2.75, 3.05) is 44.8 Å². The van der Waals surface area contributed by atoms with Gasteiger partial charge in [0.25, 0.3) is 0 Å². The van der Waals surface area contributed by atoms with E-state index in [2.05, 4.69) is 20.9 Å². The van der Waals surface area contributed by atoms with Gasteiger partial charge in [-0.3, -0.25) is 9.88 Å². The van der Waals surface area contributed by atoms with Gasteiger partial charge in [-0.1, -0.05) is 24.3 Å². The first kappa shape index (κ1) is 24.6. The summed E-state index contributed by atoms with van der Waals surface area (Å²) >= 11 is 0. The number of ether oxygens (including phenoxy) is 2. The summed E-state index contributed by atoms with van der Waals surface area (Å²) in [6.07, 6.45) is 4.61. The third-order valence-electron chi connectivity index (χ3n) is 6.83. The second kappa shape index (κ2) is 11.3. The number of primary amides is 1. The van der Waals surface area contributed by atoms with Gasteiger partial charge in [-0.2, -0.15) is 5.10 Å². The van der Waals surface area contributed by atoms with Crippen LogP contribution in [0.25, 0.3) is 16.6 Å². The predicted molar refractivity (Wildman–Crippen MR) is 143 cm³/mol. The number of benzene rings is 2. The molecule has 1 aliphatic heterocycles. The minimum atomic E-state index is -0.758. The highest BCUT2D eigenvalue weighted by atomic mass is 16.5. The molecule has 192 valence electrons. The maximum Gasteiger partial charge on any atom is 0.404 e. The average molecular weight is 501 g/mol. The van der Waals surface area contributed by atoms with Crippen LogP contribution in [-0.4, -0.2) is 65.7 Å². The Morgan fingerprint density at radius 1 is 1.03 bits per heavy atom. The van der Waals surface area contributed by atoms with Gasteiger partial charge < -0.3 is 20.1 Å². The molecule has 0 aliphatic carbocycles. The van der Waals surface area contributed by atoms with Crippen LogP contribution in [0.2, 0.25) is 0 Å². The molecule has 1 unspecified atom stereocenters. The van der Waals surface area contributed by atoms with Crippen LogP contribution < -0.4 is 15.4 Å². The fourth-order valence-electron chi connectivity index (χ4n) is 5.08. The van der Waals surface area contributed by atoms with Crippen molar-refractivity contribution in [2.45, 2.75) is 18.9 Å². The first-order valence-corrected chi connectivity index (χ1v) is 12.6. The molecule has 3 heterocycles.